The van der Waals surface area contributed by atoms with Crippen LogP contribution in [0.5, 0.6) is 0 Å². The van der Waals surface area contributed by atoms with Gasteiger partial charge in [0.25, 0.3) is 11.6 Å². The molecule has 0 aliphatic carbocycles. The number of hydrogen-bond donors (Lipinski definition) is 1. The topological polar surface area (TPSA) is 111 Å². The maximum Gasteiger partial charge on any atom is 0.338 e. The van der Waals surface area contributed by atoms with Crippen molar-refractivity contribution in [2.45, 2.75) is 13.8 Å². The molecule has 138 valence electrons. The van der Waals surface area contributed by atoms with Gasteiger partial charge < -0.3 is 4.74 Å². The molecule has 1 heterocycles. The number of carbonyl (C=O) groups is 2. The van der Waals surface area contributed by atoms with Crippen LogP contribution in [0.3, 0.4) is 0 Å². The zero-order valence-electron chi connectivity index (χ0n) is 14.5. The summed E-state index contributed by atoms with van der Waals surface area (Å²) in [5.41, 5.74) is 1.36. The molecule has 0 unspecified atom stereocenters. The Labute approximate surface area is 157 Å². The van der Waals surface area contributed by atoms with Gasteiger partial charge in [0.15, 0.2) is 5.13 Å². The van der Waals surface area contributed by atoms with Gasteiger partial charge in [-0.25, -0.2) is 9.78 Å². The molecule has 8 nitrogen and oxygen atoms in total. The number of aromatic nitrogens is 1. The highest BCUT2D eigenvalue weighted by Crippen LogP contribution is 2.27. The summed E-state index contributed by atoms with van der Waals surface area (Å²) < 4.78 is 5.78. The molecular weight excluding hydrogens is 370 g/mol. The molecule has 1 N–H and O–H groups in total. The average Bonchev–Trinajstić information content (AvgIpc) is 3.02. The highest BCUT2D eigenvalue weighted by atomic mass is 32.1. The van der Waals surface area contributed by atoms with Gasteiger partial charge in [-0.05, 0) is 37.6 Å². The fourth-order valence-corrected chi connectivity index (χ4v) is 3.39. The number of ether oxygens (including phenoxy) is 1. The van der Waals surface area contributed by atoms with Crippen molar-refractivity contribution in [2.75, 3.05) is 11.9 Å². The van der Waals surface area contributed by atoms with Crippen LogP contribution < -0.4 is 5.32 Å². The molecule has 0 radical (unpaired) electrons. The van der Waals surface area contributed by atoms with E-state index in [9.17, 15) is 19.7 Å². The van der Waals surface area contributed by atoms with Gasteiger partial charge >= 0.3 is 5.97 Å². The first-order valence-electron chi connectivity index (χ1n) is 8.02. The molecule has 0 atom stereocenters. The molecule has 2 aromatic carbocycles. The summed E-state index contributed by atoms with van der Waals surface area (Å²) in [7, 11) is 0. The summed E-state index contributed by atoms with van der Waals surface area (Å²) in [4.78, 5) is 39.2. The minimum absolute atomic E-state index is 0.0253. The first kappa shape index (κ1) is 18.5. The number of aryl methyl sites for hydroxylation is 1. The maximum atomic E-state index is 12.5. The van der Waals surface area contributed by atoms with Crippen LogP contribution in [-0.2, 0) is 4.74 Å². The summed E-state index contributed by atoms with van der Waals surface area (Å²) in [6.07, 6.45) is 0. The average molecular weight is 385 g/mol. The molecule has 0 aliphatic rings. The second kappa shape index (κ2) is 7.50. The van der Waals surface area contributed by atoms with E-state index in [0.717, 1.165) is 27.9 Å². The Morgan fingerprint density at radius 1 is 1.22 bits per heavy atom. The third-order valence-corrected chi connectivity index (χ3v) is 4.60. The SMILES string of the molecule is CCOC(=O)c1cc(C(=O)Nc2nc3ccc(C)cc3s2)cc([N+](=O)[O-])c1. The van der Waals surface area contributed by atoms with Gasteiger partial charge in [-0.15, -0.1) is 0 Å². The number of non-ortho nitro benzene ring substituents is 1. The van der Waals surface area contributed by atoms with Gasteiger partial charge in [-0.2, -0.15) is 0 Å². The van der Waals surface area contributed by atoms with E-state index < -0.39 is 16.8 Å². The molecule has 0 spiro atoms. The third kappa shape index (κ3) is 4.09. The molecule has 1 aromatic heterocycles. The quantitative estimate of drug-likeness (QED) is 0.404. The van der Waals surface area contributed by atoms with Gasteiger partial charge in [0.05, 0.1) is 27.3 Å². The number of hydrogen-bond acceptors (Lipinski definition) is 7. The minimum atomic E-state index is -0.731. The number of fused-ring (bicyclic) bond motifs is 1. The van der Waals surface area contributed by atoms with E-state index in [1.807, 2.05) is 25.1 Å². The van der Waals surface area contributed by atoms with Crippen LogP contribution in [0.15, 0.2) is 36.4 Å². The number of rotatable bonds is 5. The van der Waals surface area contributed by atoms with Crippen molar-refractivity contribution in [1.82, 2.24) is 4.98 Å². The first-order chi connectivity index (χ1) is 12.9. The van der Waals surface area contributed by atoms with Gasteiger partial charge in [0, 0.05) is 17.7 Å². The number of nitro benzene ring substituents is 1. The Kier molecular flexibility index (Phi) is 5.13. The molecular formula is C18H15N3O5S. The molecule has 27 heavy (non-hydrogen) atoms. The van der Waals surface area contributed by atoms with E-state index in [1.54, 1.807) is 6.92 Å². The van der Waals surface area contributed by atoms with Crippen LogP contribution in [0, 0.1) is 17.0 Å². The second-order valence-corrected chi connectivity index (χ2v) is 6.72. The smallest absolute Gasteiger partial charge is 0.338 e. The van der Waals surface area contributed by atoms with Gasteiger partial charge in [-0.3, -0.25) is 20.2 Å². The van der Waals surface area contributed by atoms with E-state index in [1.165, 1.54) is 17.4 Å². The molecule has 0 saturated heterocycles. The molecule has 0 fully saturated rings. The molecule has 0 aliphatic heterocycles. The van der Waals surface area contributed by atoms with E-state index in [2.05, 4.69) is 10.3 Å². The predicted molar refractivity (Wildman–Crippen MR) is 101 cm³/mol. The van der Waals surface area contributed by atoms with Crippen molar-refractivity contribution in [2.24, 2.45) is 0 Å². The second-order valence-electron chi connectivity index (χ2n) is 5.69. The Bertz CT molecular complexity index is 1060. The summed E-state index contributed by atoms with van der Waals surface area (Å²) in [5.74, 6) is -1.33. The van der Waals surface area contributed by atoms with Crippen molar-refractivity contribution in [1.29, 1.82) is 0 Å². The van der Waals surface area contributed by atoms with Crippen LogP contribution in [0.25, 0.3) is 10.2 Å². The lowest BCUT2D eigenvalue weighted by Gasteiger charge is -2.06. The lowest BCUT2D eigenvalue weighted by molar-refractivity contribution is -0.384. The zero-order chi connectivity index (χ0) is 19.6. The number of carbonyl (C=O) groups excluding carboxylic acids is 2. The summed E-state index contributed by atoms with van der Waals surface area (Å²) in [5, 5.41) is 14.1. The number of benzene rings is 2. The number of anilines is 1. The monoisotopic (exact) mass is 385 g/mol. The fourth-order valence-electron chi connectivity index (χ4n) is 2.43. The van der Waals surface area contributed by atoms with Crippen molar-refractivity contribution >= 4 is 44.2 Å². The van der Waals surface area contributed by atoms with Gasteiger partial charge in [0.2, 0.25) is 0 Å². The van der Waals surface area contributed by atoms with E-state index in [0.29, 0.717) is 5.13 Å². The maximum absolute atomic E-state index is 12.5. The van der Waals surface area contributed by atoms with Crippen LogP contribution in [0.2, 0.25) is 0 Å². The molecule has 0 bridgehead atoms. The van der Waals surface area contributed by atoms with Crippen molar-refractivity contribution < 1.29 is 19.2 Å². The Hall–Kier alpha value is -3.33. The van der Waals surface area contributed by atoms with Crippen LogP contribution in [0.1, 0.15) is 33.2 Å². The van der Waals surface area contributed by atoms with Gasteiger partial charge in [0.1, 0.15) is 0 Å². The van der Waals surface area contributed by atoms with E-state index in [4.69, 9.17) is 4.74 Å². The van der Waals surface area contributed by atoms with Gasteiger partial charge in [-0.1, -0.05) is 17.4 Å². The highest BCUT2D eigenvalue weighted by molar-refractivity contribution is 7.22. The minimum Gasteiger partial charge on any atom is -0.462 e. The van der Waals surface area contributed by atoms with E-state index in [-0.39, 0.29) is 23.4 Å². The lowest BCUT2D eigenvalue weighted by Crippen LogP contribution is -2.14. The van der Waals surface area contributed by atoms with Crippen LogP contribution in [-0.4, -0.2) is 28.4 Å². The third-order valence-electron chi connectivity index (χ3n) is 3.67. The lowest BCUT2D eigenvalue weighted by atomic mass is 10.1. The normalized spacial score (nSPS) is 10.6. The number of amides is 1. The molecule has 3 rings (SSSR count). The molecule has 9 heteroatoms. The Morgan fingerprint density at radius 3 is 2.67 bits per heavy atom. The first-order valence-corrected chi connectivity index (χ1v) is 8.84. The van der Waals surface area contributed by atoms with Crippen molar-refractivity contribution in [3.8, 4) is 0 Å². The molecule has 0 saturated carbocycles. The Morgan fingerprint density at radius 2 is 1.96 bits per heavy atom. The largest absolute Gasteiger partial charge is 0.462 e. The zero-order valence-corrected chi connectivity index (χ0v) is 15.3. The summed E-state index contributed by atoms with van der Waals surface area (Å²) >= 11 is 1.30. The summed E-state index contributed by atoms with van der Waals surface area (Å²) in [6.45, 7) is 3.70. The Balaban J connectivity index is 1.92. The number of esters is 1. The standard InChI is InChI=1S/C18H15N3O5S/c1-3-26-17(23)12-7-11(8-13(9-12)21(24)25)16(22)20-18-19-14-5-4-10(2)6-15(14)27-18/h4-9H,3H2,1-2H3,(H,19,20,22). The molecule has 1 amide bonds. The number of nitrogens with zero attached hydrogens (tertiary/aromatic N) is 2. The predicted octanol–water partition coefficient (Wildman–Crippen LogP) is 3.94. The number of nitro groups is 1. The highest BCUT2D eigenvalue weighted by Gasteiger charge is 2.19. The van der Waals surface area contributed by atoms with Crippen LogP contribution in [0.4, 0.5) is 10.8 Å². The van der Waals surface area contributed by atoms with E-state index >= 15 is 0 Å². The number of thiazole rings is 1. The number of nitrogens with one attached hydrogen (secondary N) is 1. The fraction of sp³-hybridized carbons (Fsp3) is 0.167. The van der Waals surface area contributed by atoms with Crippen molar-refractivity contribution in [3.05, 3.63) is 63.2 Å². The van der Waals surface area contributed by atoms with Crippen LogP contribution >= 0.6 is 11.3 Å². The summed E-state index contributed by atoms with van der Waals surface area (Å²) in [6, 6.07) is 9.17. The molecule has 3 aromatic rings. The van der Waals surface area contributed by atoms with Crippen molar-refractivity contribution in [3.63, 3.8) is 0 Å².